The second-order valence-corrected chi connectivity index (χ2v) is 8.45. The van der Waals surface area contributed by atoms with Crippen molar-refractivity contribution < 1.29 is 14.7 Å². The smallest absolute Gasteiger partial charge is 0.336 e. The lowest BCUT2D eigenvalue weighted by Gasteiger charge is -2.23. The monoisotopic (exact) mass is 469 g/mol. The van der Waals surface area contributed by atoms with Crippen molar-refractivity contribution >= 4 is 23.5 Å². The number of aromatic carboxylic acids is 1. The predicted molar refractivity (Wildman–Crippen MR) is 135 cm³/mol. The van der Waals surface area contributed by atoms with Crippen molar-refractivity contribution in [1.29, 1.82) is 0 Å². The van der Waals surface area contributed by atoms with Gasteiger partial charge in [0.05, 0.1) is 5.56 Å². The van der Waals surface area contributed by atoms with Gasteiger partial charge in [-0.1, -0.05) is 84.4 Å². The number of rotatable bonds is 8. The molecule has 0 saturated carbocycles. The average molecular weight is 470 g/mol. The molecule has 1 N–H and O–H groups in total. The molecule has 0 aromatic heterocycles. The first-order valence-corrected chi connectivity index (χ1v) is 11.4. The zero-order valence-corrected chi connectivity index (χ0v) is 19.3. The molecule has 0 aliphatic heterocycles. The Bertz CT molecular complexity index is 1270. The SMILES string of the molecule is O=C(O)c1ccccc1-c1ccc(CN(CCc2ccccc2)C(=O)c2ccc(Cl)cc2)cc1. The number of amides is 1. The summed E-state index contributed by atoms with van der Waals surface area (Å²) < 4.78 is 0. The van der Waals surface area contributed by atoms with Gasteiger partial charge >= 0.3 is 5.97 Å². The molecule has 170 valence electrons. The maximum Gasteiger partial charge on any atom is 0.336 e. The van der Waals surface area contributed by atoms with E-state index in [1.165, 1.54) is 0 Å². The molecular weight excluding hydrogens is 446 g/mol. The fourth-order valence-corrected chi connectivity index (χ4v) is 3.99. The largest absolute Gasteiger partial charge is 0.478 e. The van der Waals surface area contributed by atoms with Crippen molar-refractivity contribution in [2.75, 3.05) is 6.54 Å². The molecule has 4 nitrogen and oxygen atoms in total. The Kier molecular flexibility index (Phi) is 7.41. The van der Waals surface area contributed by atoms with Gasteiger partial charge in [-0.05, 0) is 59.0 Å². The number of nitrogens with zero attached hydrogens (tertiary/aromatic N) is 1. The van der Waals surface area contributed by atoms with Crippen LogP contribution in [0, 0.1) is 0 Å². The topological polar surface area (TPSA) is 57.6 Å². The summed E-state index contributed by atoms with van der Waals surface area (Å²) in [5.41, 5.74) is 4.47. The molecule has 0 unspecified atom stereocenters. The number of hydrogen-bond donors (Lipinski definition) is 1. The van der Waals surface area contributed by atoms with E-state index in [1.54, 1.807) is 42.5 Å². The summed E-state index contributed by atoms with van der Waals surface area (Å²) in [6, 6.07) is 31.6. The van der Waals surface area contributed by atoms with Crippen LogP contribution in [-0.2, 0) is 13.0 Å². The van der Waals surface area contributed by atoms with E-state index in [0.717, 1.165) is 23.1 Å². The molecule has 0 saturated heterocycles. The Morgan fingerprint density at radius 2 is 1.38 bits per heavy atom. The highest BCUT2D eigenvalue weighted by molar-refractivity contribution is 6.30. The molecule has 5 heteroatoms. The summed E-state index contributed by atoms with van der Waals surface area (Å²) in [6.07, 6.45) is 0.740. The van der Waals surface area contributed by atoms with Crippen LogP contribution in [0.4, 0.5) is 0 Å². The summed E-state index contributed by atoms with van der Waals surface area (Å²) in [5, 5.41) is 10.1. The van der Waals surface area contributed by atoms with Crippen molar-refractivity contribution in [2.45, 2.75) is 13.0 Å². The predicted octanol–water partition coefficient (Wildman–Crippen LogP) is 6.59. The summed E-state index contributed by atoms with van der Waals surface area (Å²) in [6.45, 7) is 1.00. The minimum Gasteiger partial charge on any atom is -0.478 e. The third-order valence-corrected chi connectivity index (χ3v) is 5.94. The summed E-state index contributed by atoms with van der Waals surface area (Å²) in [7, 11) is 0. The fourth-order valence-electron chi connectivity index (χ4n) is 3.87. The van der Waals surface area contributed by atoms with Gasteiger partial charge < -0.3 is 10.0 Å². The molecule has 4 aromatic carbocycles. The van der Waals surface area contributed by atoms with E-state index < -0.39 is 5.97 Å². The van der Waals surface area contributed by atoms with Gasteiger partial charge in [0.15, 0.2) is 0 Å². The van der Waals surface area contributed by atoms with Gasteiger partial charge in [0, 0.05) is 23.7 Å². The van der Waals surface area contributed by atoms with Crippen LogP contribution in [0.5, 0.6) is 0 Å². The Labute approximate surface area is 204 Å². The van der Waals surface area contributed by atoms with Gasteiger partial charge in [-0.2, -0.15) is 0 Å². The average Bonchev–Trinajstić information content (AvgIpc) is 2.87. The van der Waals surface area contributed by atoms with Crippen molar-refractivity contribution in [3.05, 3.63) is 130 Å². The number of halogens is 1. The molecule has 1 amide bonds. The summed E-state index contributed by atoms with van der Waals surface area (Å²) >= 11 is 6.00. The second kappa shape index (κ2) is 10.8. The molecule has 0 heterocycles. The zero-order valence-electron chi connectivity index (χ0n) is 18.5. The summed E-state index contributed by atoms with van der Waals surface area (Å²) in [4.78, 5) is 26.7. The number of carbonyl (C=O) groups excluding carboxylic acids is 1. The quantitative estimate of drug-likeness (QED) is 0.316. The molecular formula is C29H24ClNO3. The maximum absolute atomic E-state index is 13.3. The van der Waals surface area contributed by atoms with Crippen molar-refractivity contribution in [3.63, 3.8) is 0 Å². The van der Waals surface area contributed by atoms with E-state index in [0.29, 0.717) is 29.2 Å². The minimum absolute atomic E-state index is 0.0621. The Morgan fingerprint density at radius 3 is 2.06 bits per heavy atom. The number of carbonyl (C=O) groups is 2. The lowest BCUT2D eigenvalue weighted by Crippen LogP contribution is -2.32. The first-order chi connectivity index (χ1) is 16.5. The Morgan fingerprint density at radius 1 is 0.735 bits per heavy atom. The first-order valence-electron chi connectivity index (χ1n) is 11.0. The molecule has 4 rings (SSSR count). The lowest BCUT2D eigenvalue weighted by atomic mass is 9.98. The van der Waals surface area contributed by atoms with E-state index in [2.05, 4.69) is 12.1 Å². The highest BCUT2D eigenvalue weighted by Crippen LogP contribution is 2.25. The van der Waals surface area contributed by atoms with Crippen LogP contribution in [0.15, 0.2) is 103 Å². The molecule has 0 spiro atoms. The number of hydrogen-bond acceptors (Lipinski definition) is 2. The third kappa shape index (κ3) is 5.72. The van der Waals surface area contributed by atoms with Crippen molar-refractivity contribution in [2.24, 2.45) is 0 Å². The van der Waals surface area contributed by atoms with Gasteiger partial charge in [0.2, 0.25) is 0 Å². The van der Waals surface area contributed by atoms with Gasteiger partial charge in [0.25, 0.3) is 5.91 Å². The van der Waals surface area contributed by atoms with Gasteiger partial charge in [-0.3, -0.25) is 4.79 Å². The zero-order chi connectivity index (χ0) is 23.9. The van der Waals surface area contributed by atoms with Crippen molar-refractivity contribution in [1.82, 2.24) is 4.90 Å². The van der Waals surface area contributed by atoms with Crippen LogP contribution in [-0.4, -0.2) is 28.4 Å². The lowest BCUT2D eigenvalue weighted by molar-refractivity contribution is 0.0696. The number of benzene rings is 4. The Balaban J connectivity index is 1.56. The highest BCUT2D eigenvalue weighted by atomic mass is 35.5. The maximum atomic E-state index is 13.3. The normalized spacial score (nSPS) is 10.6. The first kappa shape index (κ1) is 23.3. The van der Waals surface area contributed by atoms with Crippen molar-refractivity contribution in [3.8, 4) is 11.1 Å². The number of carboxylic acid groups (broad SMARTS) is 1. The summed E-state index contributed by atoms with van der Waals surface area (Å²) in [5.74, 6) is -1.02. The minimum atomic E-state index is -0.958. The van der Waals surface area contributed by atoms with Crippen LogP contribution in [0.2, 0.25) is 5.02 Å². The molecule has 34 heavy (non-hydrogen) atoms. The van der Waals surface area contributed by atoms with Crippen LogP contribution in [0.3, 0.4) is 0 Å². The van der Waals surface area contributed by atoms with Gasteiger partial charge in [-0.15, -0.1) is 0 Å². The van der Waals surface area contributed by atoms with Gasteiger partial charge in [-0.25, -0.2) is 4.79 Å². The standard InChI is InChI=1S/C29H24ClNO3/c30-25-16-14-24(15-17-25)28(32)31(19-18-21-6-2-1-3-7-21)20-22-10-12-23(13-11-22)26-8-4-5-9-27(26)29(33)34/h1-17H,18-20H2,(H,33,34). The Hall–Kier alpha value is -3.89. The van der Waals surface area contributed by atoms with Crippen LogP contribution in [0.1, 0.15) is 31.8 Å². The fraction of sp³-hybridized carbons (Fsp3) is 0.103. The van der Waals surface area contributed by atoms with E-state index in [1.807, 2.05) is 53.4 Å². The highest BCUT2D eigenvalue weighted by Gasteiger charge is 2.17. The van der Waals surface area contributed by atoms with Gasteiger partial charge in [0.1, 0.15) is 0 Å². The van der Waals surface area contributed by atoms with E-state index in [9.17, 15) is 14.7 Å². The van der Waals surface area contributed by atoms with E-state index >= 15 is 0 Å². The molecule has 0 aliphatic carbocycles. The van der Waals surface area contributed by atoms with Crippen LogP contribution < -0.4 is 0 Å². The molecule has 0 bridgehead atoms. The van der Waals surface area contributed by atoms with E-state index in [-0.39, 0.29) is 11.5 Å². The van der Waals surface area contributed by atoms with Crippen LogP contribution in [0.25, 0.3) is 11.1 Å². The molecule has 0 fully saturated rings. The second-order valence-electron chi connectivity index (χ2n) is 8.02. The van der Waals surface area contributed by atoms with E-state index in [4.69, 9.17) is 11.6 Å². The third-order valence-electron chi connectivity index (χ3n) is 5.69. The molecule has 4 aromatic rings. The number of carboxylic acids is 1. The molecule has 0 radical (unpaired) electrons. The van der Waals surface area contributed by atoms with Crippen LogP contribution >= 0.6 is 11.6 Å². The molecule has 0 aliphatic rings. The molecule has 0 atom stereocenters.